The first-order valence-corrected chi connectivity index (χ1v) is 11.6. The molecule has 0 spiro atoms. The zero-order valence-electron chi connectivity index (χ0n) is 17.6. The molecule has 3 aromatic rings. The van der Waals surface area contributed by atoms with Gasteiger partial charge >= 0.3 is 0 Å². The van der Waals surface area contributed by atoms with Crippen molar-refractivity contribution in [2.24, 2.45) is 0 Å². The summed E-state index contributed by atoms with van der Waals surface area (Å²) in [5.74, 6) is 0.644. The Bertz CT molecular complexity index is 1050. The minimum Gasteiger partial charge on any atom is -0.494 e. The lowest BCUT2D eigenvalue weighted by atomic mass is 10.0. The van der Waals surface area contributed by atoms with Crippen LogP contribution >= 0.6 is 11.3 Å². The number of unbranched alkanes of at least 4 members (excludes halogenated alkanes) is 1. The van der Waals surface area contributed by atoms with Crippen molar-refractivity contribution >= 4 is 34.5 Å². The maximum atomic E-state index is 12.8. The van der Waals surface area contributed by atoms with Crippen molar-refractivity contribution in [1.82, 2.24) is 0 Å². The van der Waals surface area contributed by atoms with E-state index in [0.717, 1.165) is 53.2 Å². The molecule has 5 nitrogen and oxygen atoms in total. The summed E-state index contributed by atoms with van der Waals surface area (Å²) in [5, 5.41) is 4.89. The highest BCUT2D eigenvalue weighted by Crippen LogP contribution is 2.31. The summed E-state index contributed by atoms with van der Waals surface area (Å²) in [5.41, 5.74) is 3.32. The van der Waals surface area contributed by atoms with E-state index in [1.165, 1.54) is 11.3 Å². The number of carbonyl (C=O) groups excluding carboxylic acids is 2. The van der Waals surface area contributed by atoms with Crippen LogP contribution < -0.4 is 15.0 Å². The highest BCUT2D eigenvalue weighted by atomic mass is 32.1. The molecule has 6 heteroatoms. The molecule has 2 amide bonds. The van der Waals surface area contributed by atoms with Crippen molar-refractivity contribution in [3.05, 3.63) is 76.0 Å². The summed E-state index contributed by atoms with van der Waals surface area (Å²) < 4.78 is 5.65. The second-order valence-electron chi connectivity index (χ2n) is 7.56. The molecule has 31 heavy (non-hydrogen) atoms. The zero-order valence-corrected chi connectivity index (χ0v) is 18.4. The van der Waals surface area contributed by atoms with E-state index in [1.807, 2.05) is 52.7 Å². The molecule has 2 heterocycles. The minimum absolute atomic E-state index is 0.0361. The number of nitrogens with zero attached hydrogens (tertiary/aromatic N) is 1. The Morgan fingerprint density at radius 3 is 2.71 bits per heavy atom. The topological polar surface area (TPSA) is 58.6 Å². The van der Waals surface area contributed by atoms with Gasteiger partial charge in [-0.15, -0.1) is 11.3 Å². The van der Waals surface area contributed by atoms with E-state index in [9.17, 15) is 9.59 Å². The van der Waals surface area contributed by atoms with Crippen LogP contribution in [0, 0.1) is 0 Å². The Labute approximate surface area is 186 Å². The lowest BCUT2D eigenvalue weighted by Gasteiger charge is -2.29. The molecule has 1 aliphatic rings. The first-order valence-electron chi connectivity index (χ1n) is 10.7. The van der Waals surface area contributed by atoms with E-state index < -0.39 is 0 Å². The average molecular weight is 435 g/mol. The van der Waals surface area contributed by atoms with Crippen molar-refractivity contribution in [3.63, 3.8) is 0 Å². The molecular weight excluding hydrogens is 408 g/mol. The second kappa shape index (κ2) is 9.79. The fraction of sp³-hybridized carbons (Fsp3) is 0.280. The standard InChI is InChI=1S/C25H26N2O3S/c1-2-3-15-30-21-11-8-18(9-12-21)24(28)26-20-10-13-22-19(17-20)6-4-14-27(22)25(29)23-7-5-16-31-23/h5,7-13,16-17H,2-4,6,14-15H2,1H3,(H,26,28). The average Bonchev–Trinajstić information content (AvgIpc) is 3.34. The zero-order chi connectivity index (χ0) is 21.6. The number of hydrogen-bond acceptors (Lipinski definition) is 4. The fourth-order valence-electron chi connectivity index (χ4n) is 3.66. The third kappa shape index (κ3) is 4.97. The Kier molecular flexibility index (Phi) is 6.67. The normalized spacial score (nSPS) is 12.9. The van der Waals surface area contributed by atoms with Gasteiger partial charge in [-0.25, -0.2) is 0 Å². The molecule has 0 aliphatic carbocycles. The van der Waals surface area contributed by atoms with E-state index in [2.05, 4.69) is 12.2 Å². The summed E-state index contributed by atoms with van der Waals surface area (Å²) in [4.78, 5) is 28.1. The van der Waals surface area contributed by atoms with Crippen LogP contribution in [0.2, 0.25) is 0 Å². The number of amides is 2. The Hall–Kier alpha value is -3.12. The second-order valence-corrected chi connectivity index (χ2v) is 8.51. The first kappa shape index (κ1) is 21.1. The molecule has 1 aliphatic heterocycles. The lowest BCUT2D eigenvalue weighted by Crippen LogP contribution is -2.35. The first-order chi connectivity index (χ1) is 15.2. The molecule has 0 atom stereocenters. The molecule has 0 fully saturated rings. The van der Waals surface area contributed by atoms with E-state index >= 15 is 0 Å². The van der Waals surface area contributed by atoms with Crippen LogP contribution in [0.3, 0.4) is 0 Å². The summed E-state index contributed by atoms with van der Waals surface area (Å²) in [6.07, 6.45) is 3.89. The van der Waals surface area contributed by atoms with Crippen LogP contribution in [0.4, 0.5) is 11.4 Å². The van der Waals surface area contributed by atoms with Crippen LogP contribution in [0.1, 0.15) is 51.8 Å². The molecule has 4 rings (SSSR count). The fourth-order valence-corrected chi connectivity index (χ4v) is 4.33. The highest BCUT2D eigenvalue weighted by Gasteiger charge is 2.24. The molecule has 0 radical (unpaired) electrons. The summed E-state index contributed by atoms with van der Waals surface area (Å²) in [7, 11) is 0. The van der Waals surface area contributed by atoms with Gasteiger partial charge in [0.25, 0.3) is 11.8 Å². The Balaban J connectivity index is 1.44. The molecule has 160 valence electrons. The van der Waals surface area contributed by atoms with Crippen molar-refractivity contribution in [2.45, 2.75) is 32.6 Å². The molecule has 0 saturated carbocycles. The largest absolute Gasteiger partial charge is 0.494 e. The maximum Gasteiger partial charge on any atom is 0.268 e. The predicted molar refractivity (Wildman–Crippen MR) is 126 cm³/mol. The lowest BCUT2D eigenvalue weighted by molar-refractivity contribution is 0.0987. The van der Waals surface area contributed by atoms with E-state index in [4.69, 9.17) is 4.74 Å². The van der Waals surface area contributed by atoms with Gasteiger partial charge in [0.2, 0.25) is 0 Å². The van der Waals surface area contributed by atoms with E-state index in [1.54, 1.807) is 12.1 Å². The third-order valence-corrected chi connectivity index (χ3v) is 6.17. The number of benzene rings is 2. The smallest absolute Gasteiger partial charge is 0.268 e. The van der Waals surface area contributed by atoms with Crippen LogP contribution in [-0.4, -0.2) is 25.0 Å². The highest BCUT2D eigenvalue weighted by molar-refractivity contribution is 7.12. The third-order valence-electron chi connectivity index (χ3n) is 5.32. The van der Waals surface area contributed by atoms with Crippen LogP contribution in [-0.2, 0) is 6.42 Å². The van der Waals surface area contributed by atoms with Gasteiger partial charge in [0, 0.05) is 23.5 Å². The molecule has 0 unspecified atom stereocenters. The van der Waals surface area contributed by atoms with Crippen LogP contribution in [0.5, 0.6) is 5.75 Å². The van der Waals surface area contributed by atoms with Gasteiger partial charge in [-0.1, -0.05) is 19.4 Å². The van der Waals surface area contributed by atoms with Gasteiger partial charge in [-0.2, -0.15) is 0 Å². The van der Waals surface area contributed by atoms with Crippen molar-refractivity contribution < 1.29 is 14.3 Å². The van der Waals surface area contributed by atoms with Crippen LogP contribution in [0.15, 0.2) is 60.0 Å². The monoisotopic (exact) mass is 434 g/mol. The molecule has 2 aromatic carbocycles. The van der Waals surface area contributed by atoms with E-state index in [0.29, 0.717) is 18.7 Å². The quantitative estimate of drug-likeness (QED) is 0.480. The number of anilines is 2. The number of hydrogen-bond donors (Lipinski definition) is 1. The molecule has 1 aromatic heterocycles. The maximum absolute atomic E-state index is 12.8. The van der Waals surface area contributed by atoms with Crippen molar-refractivity contribution in [3.8, 4) is 5.75 Å². The number of rotatable bonds is 7. The molecule has 0 saturated heterocycles. The van der Waals surface area contributed by atoms with E-state index in [-0.39, 0.29) is 11.8 Å². The number of aryl methyl sites for hydroxylation is 1. The Morgan fingerprint density at radius 2 is 1.97 bits per heavy atom. The molecule has 1 N–H and O–H groups in total. The van der Waals surface area contributed by atoms with Crippen molar-refractivity contribution in [1.29, 1.82) is 0 Å². The number of thiophene rings is 1. The number of nitrogens with one attached hydrogen (secondary N) is 1. The van der Waals surface area contributed by atoms with Crippen molar-refractivity contribution in [2.75, 3.05) is 23.4 Å². The molecule has 0 bridgehead atoms. The van der Waals surface area contributed by atoms with Gasteiger partial charge in [0.1, 0.15) is 5.75 Å². The summed E-state index contributed by atoms with van der Waals surface area (Å²) >= 11 is 1.46. The SMILES string of the molecule is CCCCOc1ccc(C(=O)Nc2ccc3c(c2)CCCN3C(=O)c2cccs2)cc1. The van der Waals surface area contributed by atoms with Gasteiger partial charge in [-0.3, -0.25) is 9.59 Å². The van der Waals surface area contributed by atoms with Gasteiger partial charge in [0.15, 0.2) is 0 Å². The molecular formula is C25H26N2O3S. The summed E-state index contributed by atoms with van der Waals surface area (Å²) in [6.45, 7) is 3.52. The van der Waals surface area contributed by atoms with Gasteiger partial charge < -0.3 is 15.0 Å². The number of fused-ring (bicyclic) bond motifs is 1. The number of carbonyl (C=O) groups is 2. The van der Waals surface area contributed by atoms with Gasteiger partial charge in [0.05, 0.1) is 11.5 Å². The van der Waals surface area contributed by atoms with Crippen LogP contribution in [0.25, 0.3) is 0 Å². The minimum atomic E-state index is -0.164. The predicted octanol–water partition coefficient (Wildman–Crippen LogP) is 5.77. The summed E-state index contributed by atoms with van der Waals surface area (Å²) in [6, 6.07) is 16.7. The number of ether oxygens (including phenoxy) is 1. The van der Waals surface area contributed by atoms with Gasteiger partial charge in [-0.05, 0) is 78.7 Å². The Morgan fingerprint density at radius 1 is 1.13 bits per heavy atom.